The van der Waals surface area contributed by atoms with Crippen molar-refractivity contribution in [2.24, 2.45) is 5.92 Å². The molecule has 35 heavy (non-hydrogen) atoms. The van der Waals surface area contributed by atoms with E-state index in [-0.39, 0.29) is 46.2 Å². The molecule has 2 unspecified atom stereocenters. The molecular weight excluding hydrogens is 464 g/mol. The van der Waals surface area contributed by atoms with E-state index in [4.69, 9.17) is 18.6 Å². The minimum atomic E-state index is -1.17. The monoisotopic (exact) mass is 487 g/mol. The highest BCUT2D eigenvalue weighted by Gasteiger charge is 2.30. The fourth-order valence-corrected chi connectivity index (χ4v) is 3.96. The van der Waals surface area contributed by atoms with Crippen LogP contribution in [0.25, 0.3) is 11.1 Å². The van der Waals surface area contributed by atoms with E-state index in [2.05, 4.69) is 21.9 Å². The molecule has 1 saturated heterocycles. The number of nitrogens with one attached hydrogen (secondary N) is 1. The summed E-state index contributed by atoms with van der Waals surface area (Å²) in [6, 6.07) is 2.17. The fraction of sp³-hybridized carbons (Fsp3) is 0.333. The van der Waals surface area contributed by atoms with E-state index in [0.29, 0.717) is 31.9 Å². The summed E-state index contributed by atoms with van der Waals surface area (Å²) in [4.78, 5) is 33.4. The van der Waals surface area contributed by atoms with Crippen LogP contribution in [-0.4, -0.2) is 55.1 Å². The summed E-state index contributed by atoms with van der Waals surface area (Å²) >= 11 is 0. The number of methoxy groups -OCH3 is 2. The molecule has 4 rings (SSSR count). The van der Waals surface area contributed by atoms with Gasteiger partial charge in [-0.1, -0.05) is 6.58 Å². The van der Waals surface area contributed by atoms with Crippen LogP contribution in [0.5, 0.6) is 11.5 Å². The van der Waals surface area contributed by atoms with Gasteiger partial charge in [0.1, 0.15) is 16.9 Å². The summed E-state index contributed by atoms with van der Waals surface area (Å²) in [5.41, 5.74) is -0.407. The Morgan fingerprint density at radius 2 is 1.94 bits per heavy atom. The first-order valence-corrected chi connectivity index (χ1v) is 10.8. The number of ether oxygens (including phenoxy) is 3. The number of benzene rings is 1. The highest BCUT2D eigenvalue weighted by atomic mass is 19.1. The number of halogens is 2. The minimum absolute atomic E-state index is 0.0782. The first kappa shape index (κ1) is 24.3. The summed E-state index contributed by atoms with van der Waals surface area (Å²) in [6.45, 7) is 4.40. The number of ketones is 1. The molecule has 11 heteroatoms. The number of aromatic nitrogens is 2. The average Bonchev–Trinajstić information content (AvgIpc) is 3.29. The molecule has 0 saturated carbocycles. The molecule has 1 aliphatic heterocycles. The highest BCUT2D eigenvalue weighted by Crippen LogP contribution is 2.33. The van der Waals surface area contributed by atoms with Crippen LogP contribution in [0.4, 0.5) is 8.78 Å². The SMILES string of the molecule is C=CC(=O)NC1CCOCC1Cc1ncc2oc(C(=O)c3c(F)c(OC)cc(OC)c3F)cc2n1. The van der Waals surface area contributed by atoms with Crippen LogP contribution >= 0.6 is 0 Å². The number of furan rings is 1. The van der Waals surface area contributed by atoms with Gasteiger partial charge in [0.05, 0.1) is 27.0 Å². The molecule has 2 atom stereocenters. The van der Waals surface area contributed by atoms with Gasteiger partial charge in [-0.25, -0.2) is 18.7 Å². The van der Waals surface area contributed by atoms with Gasteiger partial charge in [0.2, 0.25) is 11.7 Å². The predicted molar refractivity (Wildman–Crippen MR) is 119 cm³/mol. The second-order valence-corrected chi connectivity index (χ2v) is 7.91. The first-order chi connectivity index (χ1) is 16.9. The molecular formula is C24H23F2N3O6. The van der Waals surface area contributed by atoms with Gasteiger partial charge in [0.15, 0.2) is 34.5 Å². The Morgan fingerprint density at radius 3 is 2.60 bits per heavy atom. The predicted octanol–water partition coefficient (Wildman–Crippen LogP) is 3.00. The van der Waals surface area contributed by atoms with Crippen LogP contribution in [-0.2, 0) is 16.0 Å². The van der Waals surface area contributed by atoms with E-state index in [9.17, 15) is 18.4 Å². The number of amides is 1. The van der Waals surface area contributed by atoms with Crippen molar-refractivity contribution < 1.29 is 37.0 Å². The molecule has 1 N–H and O–H groups in total. The highest BCUT2D eigenvalue weighted by molar-refractivity contribution is 6.09. The minimum Gasteiger partial charge on any atom is -0.494 e. The van der Waals surface area contributed by atoms with Gasteiger partial charge in [-0.15, -0.1) is 0 Å². The Bertz CT molecular complexity index is 1260. The quantitative estimate of drug-likeness (QED) is 0.381. The molecule has 1 aliphatic rings. The molecule has 0 aliphatic carbocycles. The standard InChI is InChI=1S/C24H23F2N3O6/c1-4-20(30)29-13-5-6-34-11-12(13)7-19-27-10-18-14(28-19)8-17(35-18)24(31)21-22(25)15(32-2)9-16(33-3)23(21)26/h4,8-10,12-13H,1,5-7,11H2,2-3H3,(H,29,30). The molecule has 0 bridgehead atoms. The fourth-order valence-electron chi connectivity index (χ4n) is 3.96. The summed E-state index contributed by atoms with van der Waals surface area (Å²) in [7, 11) is 2.38. The summed E-state index contributed by atoms with van der Waals surface area (Å²) in [6.07, 6.45) is 3.62. The van der Waals surface area contributed by atoms with Crippen molar-refractivity contribution in [2.45, 2.75) is 18.9 Å². The molecule has 1 amide bonds. The van der Waals surface area contributed by atoms with Crippen LogP contribution < -0.4 is 14.8 Å². The Balaban J connectivity index is 1.62. The van der Waals surface area contributed by atoms with Crippen LogP contribution in [0.3, 0.4) is 0 Å². The van der Waals surface area contributed by atoms with Crippen molar-refractivity contribution in [3.05, 3.63) is 59.8 Å². The zero-order chi connectivity index (χ0) is 25.1. The zero-order valence-electron chi connectivity index (χ0n) is 19.1. The van der Waals surface area contributed by atoms with Gasteiger partial charge < -0.3 is 23.9 Å². The smallest absolute Gasteiger partial charge is 0.243 e. The van der Waals surface area contributed by atoms with Crippen molar-refractivity contribution in [3.8, 4) is 11.5 Å². The Morgan fingerprint density at radius 1 is 1.23 bits per heavy atom. The Labute approximate surface area is 199 Å². The number of rotatable bonds is 8. The number of nitrogens with zero attached hydrogens (tertiary/aromatic N) is 2. The Hall–Kier alpha value is -3.86. The molecule has 0 radical (unpaired) electrons. The van der Waals surface area contributed by atoms with Crippen molar-refractivity contribution in [1.29, 1.82) is 0 Å². The second kappa shape index (κ2) is 10.2. The van der Waals surface area contributed by atoms with E-state index >= 15 is 0 Å². The maximum atomic E-state index is 14.8. The lowest BCUT2D eigenvalue weighted by Crippen LogP contribution is -2.45. The van der Waals surface area contributed by atoms with Gasteiger partial charge in [0.25, 0.3) is 0 Å². The number of hydrogen-bond donors (Lipinski definition) is 1. The van der Waals surface area contributed by atoms with Crippen LogP contribution in [0.1, 0.15) is 28.4 Å². The van der Waals surface area contributed by atoms with Crippen molar-refractivity contribution in [1.82, 2.24) is 15.3 Å². The number of carbonyl (C=O) groups is 2. The zero-order valence-corrected chi connectivity index (χ0v) is 19.1. The molecule has 3 heterocycles. The number of carbonyl (C=O) groups excluding carboxylic acids is 2. The van der Waals surface area contributed by atoms with Gasteiger partial charge in [-0.05, 0) is 12.5 Å². The molecule has 1 aromatic carbocycles. The normalized spacial score (nSPS) is 17.7. The molecule has 184 valence electrons. The maximum absolute atomic E-state index is 14.8. The lowest BCUT2D eigenvalue weighted by molar-refractivity contribution is -0.118. The number of hydrogen-bond acceptors (Lipinski definition) is 8. The van der Waals surface area contributed by atoms with Crippen molar-refractivity contribution in [3.63, 3.8) is 0 Å². The van der Waals surface area contributed by atoms with E-state index in [1.165, 1.54) is 32.6 Å². The largest absolute Gasteiger partial charge is 0.494 e. The second-order valence-electron chi connectivity index (χ2n) is 7.91. The maximum Gasteiger partial charge on any atom is 0.243 e. The summed E-state index contributed by atoms with van der Waals surface area (Å²) < 4.78 is 50.3. The third-order valence-electron chi connectivity index (χ3n) is 5.78. The molecule has 3 aromatic rings. The van der Waals surface area contributed by atoms with Gasteiger partial charge in [0, 0.05) is 37.1 Å². The summed E-state index contributed by atoms with van der Waals surface area (Å²) in [5, 5.41) is 2.90. The number of fused-ring (bicyclic) bond motifs is 1. The van der Waals surface area contributed by atoms with E-state index in [0.717, 1.165) is 6.07 Å². The third-order valence-corrected chi connectivity index (χ3v) is 5.78. The molecule has 0 spiro atoms. The molecule has 1 fully saturated rings. The molecule has 9 nitrogen and oxygen atoms in total. The van der Waals surface area contributed by atoms with Crippen molar-refractivity contribution in [2.75, 3.05) is 27.4 Å². The average molecular weight is 487 g/mol. The lowest BCUT2D eigenvalue weighted by atomic mass is 9.92. The Kier molecular flexibility index (Phi) is 7.06. The first-order valence-electron chi connectivity index (χ1n) is 10.8. The third kappa shape index (κ3) is 4.85. The van der Waals surface area contributed by atoms with Crippen LogP contribution in [0, 0.1) is 17.6 Å². The van der Waals surface area contributed by atoms with E-state index < -0.39 is 23.0 Å². The topological polar surface area (TPSA) is 113 Å². The van der Waals surface area contributed by atoms with Gasteiger partial charge >= 0.3 is 0 Å². The summed E-state index contributed by atoms with van der Waals surface area (Å²) in [5.74, 6) is -4.32. The van der Waals surface area contributed by atoms with E-state index in [1.54, 1.807) is 0 Å². The lowest BCUT2D eigenvalue weighted by Gasteiger charge is -2.31. The van der Waals surface area contributed by atoms with E-state index in [1.807, 2.05) is 0 Å². The van der Waals surface area contributed by atoms with Crippen LogP contribution in [0.2, 0.25) is 0 Å². The van der Waals surface area contributed by atoms with Gasteiger partial charge in [-0.2, -0.15) is 0 Å². The van der Waals surface area contributed by atoms with Crippen LogP contribution in [0.15, 0.2) is 35.4 Å². The van der Waals surface area contributed by atoms with Gasteiger partial charge in [-0.3, -0.25) is 9.59 Å². The molecule has 2 aromatic heterocycles. The van der Waals surface area contributed by atoms with Crippen molar-refractivity contribution >= 4 is 22.8 Å².